The van der Waals surface area contributed by atoms with Crippen LogP contribution in [0.4, 0.5) is 5.82 Å². The Bertz CT molecular complexity index is 1060. The molecule has 0 aliphatic heterocycles. The minimum Gasteiger partial charge on any atom is -0.365 e. The molecule has 3 aromatic heterocycles. The van der Waals surface area contributed by atoms with Crippen LogP contribution >= 0.6 is 34.5 Å². The monoisotopic (exact) mass is 403 g/mol. The maximum Gasteiger partial charge on any atom is 0.253 e. The Balaban J connectivity index is 1.71. The second-order valence-corrected chi connectivity index (χ2v) is 7.64. The number of aromatic nitrogens is 4. The first kappa shape index (κ1) is 17.3. The summed E-state index contributed by atoms with van der Waals surface area (Å²) in [6.07, 6.45) is 4.50. The van der Waals surface area contributed by atoms with E-state index >= 15 is 0 Å². The third kappa shape index (κ3) is 3.40. The Hall–Kier alpha value is -2.15. The molecule has 0 radical (unpaired) electrons. The van der Waals surface area contributed by atoms with Crippen molar-refractivity contribution in [1.82, 2.24) is 19.7 Å². The van der Waals surface area contributed by atoms with Crippen LogP contribution in [0, 0.1) is 0 Å². The van der Waals surface area contributed by atoms with E-state index in [1.54, 1.807) is 28.3 Å². The molecular weight excluding hydrogens is 389 g/mol. The van der Waals surface area contributed by atoms with Crippen molar-refractivity contribution >= 4 is 50.6 Å². The van der Waals surface area contributed by atoms with E-state index in [0.29, 0.717) is 22.5 Å². The molecule has 0 atom stereocenters. The Morgan fingerprint density at radius 2 is 2.04 bits per heavy atom. The first-order valence-electron chi connectivity index (χ1n) is 8.12. The SMILES string of the molecule is CCc1cc2c(NCc3ccc(Cl)c(Cl)c3)nc(-n3cccn3)nc2s1. The summed E-state index contributed by atoms with van der Waals surface area (Å²) in [6.45, 7) is 2.72. The number of aryl methyl sites for hydroxylation is 1. The van der Waals surface area contributed by atoms with Crippen LogP contribution < -0.4 is 5.32 Å². The lowest BCUT2D eigenvalue weighted by Gasteiger charge is -2.09. The van der Waals surface area contributed by atoms with Crippen molar-refractivity contribution < 1.29 is 0 Å². The summed E-state index contributed by atoms with van der Waals surface area (Å²) in [5.41, 5.74) is 1.03. The van der Waals surface area contributed by atoms with E-state index in [1.165, 1.54) is 4.88 Å². The van der Waals surface area contributed by atoms with Crippen molar-refractivity contribution in [2.75, 3.05) is 5.32 Å². The van der Waals surface area contributed by atoms with Crippen molar-refractivity contribution in [2.24, 2.45) is 0 Å². The molecule has 0 aliphatic carbocycles. The van der Waals surface area contributed by atoms with Crippen LogP contribution in [0.5, 0.6) is 0 Å². The smallest absolute Gasteiger partial charge is 0.253 e. The number of rotatable bonds is 5. The largest absolute Gasteiger partial charge is 0.365 e. The highest BCUT2D eigenvalue weighted by molar-refractivity contribution is 7.18. The van der Waals surface area contributed by atoms with Gasteiger partial charge in [-0.1, -0.05) is 36.2 Å². The molecule has 1 aromatic carbocycles. The van der Waals surface area contributed by atoms with E-state index in [4.69, 9.17) is 23.2 Å². The highest BCUT2D eigenvalue weighted by Gasteiger charge is 2.13. The maximum absolute atomic E-state index is 6.11. The molecule has 0 spiro atoms. The van der Waals surface area contributed by atoms with Gasteiger partial charge in [-0.25, -0.2) is 4.68 Å². The first-order chi connectivity index (χ1) is 12.6. The van der Waals surface area contributed by atoms with E-state index in [9.17, 15) is 0 Å². The predicted molar refractivity (Wildman–Crippen MR) is 108 cm³/mol. The lowest BCUT2D eigenvalue weighted by atomic mass is 10.2. The summed E-state index contributed by atoms with van der Waals surface area (Å²) < 4.78 is 1.66. The van der Waals surface area contributed by atoms with Gasteiger partial charge in [0.1, 0.15) is 10.6 Å². The topological polar surface area (TPSA) is 55.6 Å². The van der Waals surface area contributed by atoms with Gasteiger partial charge in [0.2, 0.25) is 0 Å². The van der Waals surface area contributed by atoms with Crippen molar-refractivity contribution in [3.8, 4) is 5.95 Å². The van der Waals surface area contributed by atoms with Gasteiger partial charge in [-0.3, -0.25) is 0 Å². The van der Waals surface area contributed by atoms with Crippen molar-refractivity contribution in [3.63, 3.8) is 0 Å². The number of anilines is 1. The van der Waals surface area contributed by atoms with Crippen LogP contribution in [0.2, 0.25) is 10.0 Å². The zero-order valence-electron chi connectivity index (χ0n) is 13.9. The van der Waals surface area contributed by atoms with Gasteiger partial charge in [0.05, 0.1) is 15.4 Å². The van der Waals surface area contributed by atoms with Crippen LogP contribution in [0.1, 0.15) is 17.4 Å². The second kappa shape index (κ2) is 7.23. The van der Waals surface area contributed by atoms with Gasteiger partial charge in [-0.15, -0.1) is 11.3 Å². The van der Waals surface area contributed by atoms with Gasteiger partial charge in [0.25, 0.3) is 5.95 Å². The van der Waals surface area contributed by atoms with Crippen LogP contribution in [-0.4, -0.2) is 19.7 Å². The Kier molecular flexibility index (Phi) is 4.80. The number of halogens is 2. The molecule has 5 nitrogen and oxygen atoms in total. The number of benzene rings is 1. The molecule has 0 saturated heterocycles. The van der Waals surface area contributed by atoms with Crippen molar-refractivity contribution in [3.05, 3.63) is 63.2 Å². The van der Waals surface area contributed by atoms with E-state index in [1.807, 2.05) is 24.4 Å². The average molecular weight is 404 g/mol. The number of nitrogens with zero attached hydrogens (tertiary/aromatic N) is 4. The number of thiophene rings is 1. The Morgan fingerprint density at radius 1 is 1.15 bits per heavy atom. The molecule has 0 amide bonds. The number of nitrogens with one attached hydrogen (secondary N) is 1. The zero-order chi connectivity index (χ0) is 18.1. The summed E-state index contributed by atoms with van der Waals surface area (Å²) >= 11 is 13.8. The van der Waals surface area contributed by atoms with Crippen molar-refractivity contribution in [1.29, 1.82) is 0 Å². The molecular formula is C18H15Cl2N5S. The highest BCUT2D eigenvalue weighted by Crippen LogP contribution is 2.30. The fourth-order valence-corrected chi connectivity index (χ4v) is 3.88. The number of hydrogen-bond acceptors (Lipinski definition) is 5. The lowest BCUT2D eigenvalue weighted by Crippen LogP contribution is -2.07. The standard InChI is InChI=1S/C18H15Cl2N5S/c1-2-12-9-13-16(21-10-11-4-5-14(19)15(20)8-11)23-18(24-17(13)26-12)25-7-3-6-22-25/h3-9H,2,10H2,1H3,(H,21,23,24). The van der Waals surface area contributed by atoms with E-state index < -0.39 is 0 Å². The summed E-state index contributed by atoms with van der Waals surface area (Å²) in [4.78, 5) is 11.5. The van der Waals surface area contributed by atoms with Crippen LogP contribution in [0.3, 0.4) is 0 Å². The van der Waals surface area contributed by atoms with Gasteiger partial charge >= 0.3 is 0 Å². The summed E-state index contributed by atoms with van der Waals surface area (Å²) in [7, 11) is 0. The Morgan fingerprint density at radius 3 is 2.77 bits per heavy atom. The van der Waals surface area contributed by atoms with Crippen LogP contribution in [0.15, 0.2) is 42.7 Å². The third-order valence-electron chi connectivity index (χ3n) is 3.93. The van der Waals surface area contributed by atoms with Crippen molar-refractivity contribution in [2.45, 2.75) is 19.9 Å². The van der Waals surface area contributed by atoms with Gasteiger partial charge in [0, 0.05) is 23.8 Å². The minimum absolute atomic E-state index is 0.542. The molecule has 8 heteroatoms. The molecule has 0 saturated carbocycles. The maximum atomic E-state index is 6.11. The predicted octanol–water partition coefficient (Wildman–Crippen LogP) is 5.36. The fraction of sp³-hybridized carbons (Fsp3) is 0.167. The zero-order valence-corrected chi connectivity index (χ0v) is 16.2. The van der Waals surface area contributed by atoms with E-state index in [2.05, 4.69) is 33.4 Å². The Labute approximate surface area is 164 Å². The second-order valence-electron chi connectivity index (χ2n) is 5.71. The molecule has 0 unspecified atom stereocenters. The van der Waals surface area contributed by atoms with Gasteiger partial charge in [-0.05, 0) is 36.2 Å². The van der Waals surface area contributed by atoms with Gasteiger partial charge in [0.15, 0.2) is 0 Å². The van der Waals surface area contributed by atoms with Crippen LogP contribution in [-0.2, 0) is 13.0 Å². The van der Waals surface area contributed by atoms with E-state index in [-0.39, 0.29) is 0 Å². The van der Waals surface area contributed by atoms with Gasteiger partial charge in [-0.2, -0.15) is 15.1 Å². The number of fused-ring (bicyclic) bond motifs is 1. The molecule has 0 bridgehead atoms. The van der Waals surface area contributed by atoms with Crippen LogP contribution in [0.25, 0.3) is 16.2 Å². The molecule has 4 aromatic rings. The van der Waals surface area contributed by atoms with E-state index in [0.717, 1.165) is 28.0 Å². The molecule has 1 N–H and O–H groups in total. The van der Waals surface area contributed by atoms with Gasteiger partial charge < -0.3 is 5.32 Å². The molecule has 132 valence electrons. The lowest BCUT2D eigenvalue weighted by molar-refractivity contribution is 0.816. The first-order valence-corrected chi connectivity index (χ1v) is 9.69. The molecule has 26 heavy (non-hydrogen) atoms. The molecule has 4 rings (SSSR count). The number of hydrogen-bond donors (Lipinski definition) is 1. The highest BCUT2D eigenvalue weighted by atomic mass is 35.5. The quantitative estimate of drug-likeness (QED) is 0.487. The summed E-state index contributed by atoms with van der Waals surface area (Å²) in [5.74, 6) is 1.33. The average Bonchev–Trinajstić information content (AvgIpc) is 3.31. The molecule has 0 aliphatic rings. The summed E-state index contributed by atoms with van der Waals surface area (Å²) in [5, 5.41) is 9.75. The minimum atomic E-state index is 0.542. The summed E-state index contributed by atoms with van der Waals surface area (Å²) in [6, 6.07) is 9.59. The fourth-order valence-electron chi connectivity index (χ4n) is 2.59. The third-order valence-corrected chi connectivity index (χ3v) is 5.85. The molecule has 3 heterocycles. The normalized spacial score (nSPS) is 11.2. The molecule has 0 fully saturated rings.